The fourth-order valence-electron chi connectivity index (χ4n) is 4.04. The van der Waals surface area contributed by atoms with E-state index in [0.29, 0.717) is 5.56 Å². The summed E-state index contributed by atoms with van der Waals surface area (Å²) in [6, 6.07) is 21.5. The normalized spacial score (nSPS) is 17.1. The number of aliphatic carboxylic acids is 1. The van der Waals surface area contributed by atoms with E-state index in [2.05, 4.69) is 0 Å². The van der Waals surface area contributed by atoms with E-state index in [9.17, 15) is 22.8 Å². The molecule has 0 radical (unpaired) electrons. The number of carboxylic acids is 1. The molecule has 3 atom stereocenters. The first kappa shape index (κ1) is 29.3. The van der Waals surface area contributed by atoms with Gasteiger partial charge in [0.05, 0.1) is 12.4 Å². The summed E-state index contributed by atoms with van der Waals surface area (Å²) in [7, 11) is -0.915. The molecule has 0 aromatic heterocycles. The van der Waals surface area contributed by atoms with Crippen LogP contribution in [0.4, 0.5) is 13.2 Å². The third kappa shape index (κ3) is 7.28. The molecule has 0 aliphatic carbocycles. The van der Waals surface area contributed by atoms with Gasteiger partial charge in [0.2, 0.25) is 12.0 Å². The predicted molar refractivity (Wildman–Crippen MR) is 152 cm³/mol. The predicted octanol–water partition coefficient (Wildman–Crippen LogP) is 6.18. The maximum Gasteiger partial charge on any atom is 0.429 e. The molecule has 11 heteroatoms. The lowest BCUT2D eigenvalue weighted by Crippen LogP contribution is -2.33. The summed E-state index contributed by atoms with van der Waals surface area (Å²) in [6.07, 6.45) is -6.96. The first-order chi connectivity index (χ1) is 19.0. The van der Waals surface area contributed by atoms with Gasteiger partial charge in [-0.2, -0.15) is 13.2 Å². The number of nitrogens with zero attached hydrogens (tertiary/aromatic N) is 1. The molecule has 1 heterocycles. The molecule has 3 aromatic carbocycles. The van der Waals surface area contributed by atoms with Crippen LogP contribution in [0, 0.1) is 0 Å². The first-order valence-corrected chi connectivity index (χ1v) is 14.1. The van der Waals surface area contributed by atoms with E-state index in [-0.39, 0.29) is 39.7 Å². The summed E-state index contributed by atoms with van der Waals surface area (Å²) >= 11 is 5.33. The van der Waals surface area contributed by atoms with Crippen LogP contribution in [0.3, 0.4) is 0 Å². The van der Waals surface area contributed by atoms with Crippen LogP contribution in [0.25, 0.3) is 0 Å². The molecule has 0 spiro atoms. The van der Waals surface area contributed by atoms with E-state index in [1.165, 1.54) is 36.4 Å². The lowest BCUT2D eigenvalue weighted by Gasteiger charge is -2.24. The number of benzene rings is 3. The number of thiocarbonyl (C=S) groups is 1. The van der Waals surface area contributed by atoms with Crippen LogP contribution in [0.15, 0.2) is 78.9 Å². The second-order valence-electron chi connectivity index (χ2n) is 9.11. The number of carbonyl (C=O) groups excluding carboxylic acids is 1. The highest BCUT2D eigenvalue weighted by Gasteiger charge is 2.43. The highest BCUT2D eigenvalue weighted by Crippen LogP contribution is 2.41. The zero-order valence-electron chi connectivity index (χ0n) is 21.3. The van der Waals surface area contributed by atoms with Crippen LogP contribution >= 0.6 is 22.7 Å². The number of ether oxygens (including phenoxy) is 2. The van der Waals surface area contributed by atoms with Gasteiger partial charge in [-0.1, -0.05) is 85.9 Å². The quantitative estimate of drug-likeness (QED) is 0.285. The van der Waals surface area contributed by atoms with Crippen molar-refractivity contribution in [2.45, 2.75) is 25.1 Å². The fraction of sp³-hybridized carbons (Fsp3) is 0.241. The molecule has 0 bridgehead atoms. The summed E-state index contributed by atoms with van der Waals surface area (Å²) in [5.41, 5.74) is 1.41. The molecule has 4 rings (SSSR count). The van der Waals surface area contributed by atoms with Crippen LogP contribution in [0.1, 0.15) is 35.6 Å². The molecule has 1 aliphatic heterocycles. The van der Waals surface area contributed by atoms with E-state index in [1.54, 1.807) is 17.5 Å². The third-order valence-electron chi connectivity index (χ3n) is 6.07. The topological polar surface area (TPSA) is 76.1 Å². The second kappa shape index (κ2) is 12.6. The largest absolute Gasteiger partial charge is 0.489 e. The molecular weight excluding hydrogens is 563 g/mol. The molecule has 0 saturated carbocycles. The molecule has 1 saturated heterocycles. The van der Waals surface area contributed by atoms with E-state index in [1.807, 2.05) is 37.3 Å². The van der Waals surface area contributed by atoms with Gasteiger partial charge in [-0.05, 0) is 28.6 Å². The monoisotopic (exact) mass is 589 g/mol. The van der Waals surface area contributed by atoms with Crippen molar-refractivity contribution in [2.75, 3.05) is 18.9 Å². The summed E-state index contributed by atoms with van der Waals surface area (Å²) in [4.78, 5) is 24.5. The van der Waals surface area contributed by atoms with Crippen molar-refractivity contribution in [1.82, 2.24) is 4.90 Å². The van der Waals surface area contributed by atoms with Crippen LogP contribution < -0.4 is 9.47 Å². The van der Waals surface area contributed by atoms with Crippen LogP contribution in [-0.2, 0) is 9.59 Å². The van der Waals surface area contributed by atoms with Crippen LogP contribution in [0.5, 0.6) is 11.5 Å². The van der Waals surface area contributed by atoms with Crippen LogP contribution in [0.2, 0.25) is 0 Å². The van der Waals surface area contributed by atoms with Gasteiger partial charge in [-0.25, -0.2) is 0 Å². The average molecular weight is 590 g/mol. The molecule has 1 amide bonds. The van der Waals surface area contributed by atoms with Crippen LogP contribution in [-0.4, -0.2) is 56.7 Å². The molecule has 6 nitrogen and oxygen atoms in total. The number of halogens is 3. The fourth-order valence-corrected chi connectivity index (χ4v) is 6.18. The van der Waals surface area contributed by atoms with Crippen molar-refractivity contribution in [3.05, 3.63) is 95.6 Å². The number of hydrogen-bond acceptors (Lipinski definition) is 5. The van der Waals surface area contributed by atoms with Gasteiger partial charge in [-0.3, -0.25) is 14.5 Å². The van der Waals surface area contributed by atoms with Crippen molar-refractivity contribution in [3.8, 4) is 11.5 Å². The van der Waals surface area contributed by atoms with Crippen molar-refractivity contribution in [3.63, 3.8) is 0 Å². The number of amides is 1. The van der Waals surface area contributed by atoms with E-state index in [4.69, 9.17) is 26.8 Å². The van der Waals surface area contributed by atoms with Crippen molar-refractivity contribution in [2.24, 2.45) is 0 Å². The van der Waals surface area contributed by atoms with Gasteiger partial charge in [0.25, 0.3) is 0 Å². The highest BCUT2D eigenvalue weighted by atomic mass is 32.2. The van der Waals surface area contributed by atoms with Crippen molar-refractivity contribution >= 4 is 44.3 Å². The molecule has 2 unspecified atom stereocenters. The lowest BCUT2D eigenvalue weighted by atomic mass is 10.0. The Morgan fingerprint density at radius 1 is 1.05 bits per heavy atom. The Labute approximate surface area is 237 Å². The Kier molecular flexibility index (Phi) is 9.26. The highest BCUT2D eigenvalue weighted by molar-refractivity contribution is 8.35. The van der Waals surface area contributed by atoms with Gasteiger partial charge < -0.3 is 14.6 Å². The van der Waals surface area contributed by atoms with E-state index < -0.39 is 41.2 Å². The Morgan fingerprint density at radius 2 is 1.68 bits per heavy atom. The van der Waals surface area contributed by atoms with Gasteiger partial charge in [0.1, 0.15) is 10.9 Å². The average Bonchev–Trinajstić information content (AvgIpc) is 3.18. The zero-order chi connectivity index (χ0) is 28.9. The smallest absolute Gasteiger partial charge is 0.429 e. The second-order valence-corrected chi connectivity index (χ2v) is 11.5. The number of rotatable bonds is 10. The van der Waals surface area contributed by atoms with E-state index >= 15 is 0 Å². The number of hydrogen-bond donors (Lipinski definition) is 1. The Hall–Kier alpha value is -3.70. The number of alkyl halides is 3. The Morgan fingerprint density at radius 3 is 2.27 bits per heavy atom. The summed E-state index contributed by atoms with van der Waals surface area (Å²) in [5.74, 6) is -1.66. The molecule has 1 aliphatic rings. The minimum Gasteiger partial charge on any atom is -0.489 e. The van der Waals surface area contributed by atoms with Gasteiger partial charge in [0.15, 0.2) is 11.5 Å². The number of carboxylic acid groups (broad SMARTS) is 1. The first-order valence-electron chi connectivity index (χ1n) is 12.2. The van der Waals surface area contributed by atoms with Gasteiger partial charge >= 0.3 is 12.1 Å². The summed E-state index contributed by atoms with van der Waals surface area (Å²) < 4.78 is 54.2. The molecular formula is C29H26F3NO5S2. The molecule has 210 valence electrons. The molecule has 40 heavy (non-hydrogen) atoms. The maximum absolute atomic E-state index is 14.1. The van der Waals surface area contributed by atoms with Crippen molar-refractivity contribution in [1.29, 1.82) is 0 Å². The minimum atomic E-state index is -4.71. The third-order valence-corrected chi connectivity index (χ3v) is 8.71. The summed E-state index contributed by atoms with van der Waals surface area (Å²) in [6.45, 7) is 1.60. The van der Waals surface area contributed by atoms with Crippen molar-refractivity contribution < 1.29 is 37.3 Å². The lowest BCUT2D eigenvalue weighted by molar-refractivity contribution is -0.198. The standard InChI is InChI=1S/C29H26F3NO5S2/c1-19(21-8-4-2-5-9-21)16-37-23-13-12-20(17-40-18-25(34)33(28(40)39)15-26(35)36)14-24(23)38-27(29(30,31)32)22-10-6-3-7-11-22/h2-14,17,19,27H,15-16,18H2,1H3,(H,35,36)/t19?,27-,40?/m0/s1. The Balaban J connectivity index is 1.67. The molecule has 1 fully saturated rings. The SMILES string of the molecule is CC(COc1ccc(C=S2CC(=O)N(CC(=O)O)C2=S)cc1O[C@@H](c1ccccc1)C(F)(F)F)c1ccccc1. The Bertz CT molecular complexity index is 1410. The number of carbonyl (C=O) groups is 2. The summed E-state index contributed by atoms with van der Waals surface area (Å²) in [5, 5.41) is 10.7. The zero-order valence-corrected chi connectivity index (χ0v) is 23.0. The minimum absolute atomic E-state index is 0.00959. The molecule has 3 aromatic rings. The van der Waals surface area contributed by atoms with Gasteiger partial charge in [0, 0.05) is 11.5 Å². The van der Waals surface area contributed by atoms with Gasteiger partial charge in [-0.15, -0.1) is 10.5 Å². The maximum atomic E-state index is 14.1. The van der Waals surface area contributed by atoms with E-state index in [0.717, 1.165) is 10.5 Å². The molecule has 1 N–H and O–H groups in total.